The summed E-state index contributed by atoms with van der Waals surface area (Å²) in [6, 6.07) is 15.6. The van der Waals surface area contributed by atoms with Gasteiger partial charge in [0, 0.05) is 0 Å². The van der Waals surface area contributed by atoms with Crippen LogP contribution in [0.25, 0.3) is 0 Å². The number of aliphatic hydroxyl groups is 1. The highest BCUT2D eigenvalue weighted by Crippen LogP contribution is 2.23. The van der Waals surface area contributed by atoms with Crippen LogP contribution in [0.4, 0.5) is 0 Å². The number of aliphatic hydroxyl groups excluding tert-OH is 1. The molecule has 3 N–H and O–H groups in total. The molecule has 28 heavy (non-hydrogen) atoms. The molecule has 6 nitrogen and oxygen atoms in total. The van der Waals surface area contributed by atoms with Crippen LogP contribution in [-0.2, 0) is 6.54 Å². The van der Waals surface area contributed by atoms with Crippen LogP contribution in [0.15, 0.2) is 48.5 Å². The standard InChI is InChI=1S/C22H30N2O4/c1-26-21-8-9-22(27-2)18(14-21)15-23-10-12-24(13-11-23)16-19(25)17-28-20-6-4-3-5-7-20/h3-9,14,19,25H,10-13,15-17H2,1-2H3/p+2/t19-/m1/s1. The predicted molar refractivity (Wildman–Crippen MR) is 107 cm³/mol. The summed E-state index contributed by atoms with van der Waals surface area (Å²) in [4.78, 5) is 2.97. The second-order valence-electron chi connectivity index (χ2n) is 7.34. The zero-order valence-corrected chi connectivity index (χ0v) is 16.8. The van der Waals surface area contributed by atoms with Crippen LogP contribution in [0.3, 0.4) is 0 Å². The van der Waals surface area contributed by atoms with E-state index < -0.39 is 6.10 Å². The summed E-state index contributed by atoms with van der Waals surface area (Å²) in [7, 11) is 3.40. The molecule has 1 atom stereocenters. The van der Waals surface area contributed by atoms with E-state index in [0.29, 0.717) is 6.61 Å². The fourth-order valence-electron chi connectivity index (χ4n) is 3.73. The Bertz CT molecular complexity index is 718. The van der Waals surface area contributed by atoms with E-state index in [1.165, 1.54) is 15.4 Å². The van der Waals surface area contributed by atoms with Gasteiger partial charge in [-0.15, -0.1) is 0 Å². The Balaban J connectivity index is 1.43. The monoisotopic (exact) mass is 388 g/mol. The summed E-state index contributed by atoms with van der Waals surface area (Å²) in [5.41, 5.74) is 1.18. The molecule has 0 unspecified atom stereocenters. The quantitative estimate of drug-likeness (QED) is 0.539. The molecule has 2 aromatic carbocycles. The van der Waals surface area contributed by atoms with Crippen molar-refractivity contribution < 1.29 is 29.1 Å². The Morgan fingerprint density at radius 2 is 1.61 bits per heavy atom. The number of quaternary nitrogens is 2. The number of benzene rings is 2. The number of para-hydroxylation sites is 1. The second-order valence-corrected chi connectivity index (χ2v) is 7.34. The molecule has 1 fully saturated rings. The first kappa shape index (κ1) is 20.5. The Labute approximate surface area is 167 Å². The normalized spacial score (nSPS) is 20.4. The Hall–Kier alpha value is -2.28. The highest BCUT2D eigenvalue weighted by Gasteiger charge is 2.26. The number of nitrogens with one attached hydrogen (secondary N) is 2. The molecule has 0 amide bonds. The minimum Gasteiger partial charge on any atom is -0.497 e. The van der Waals surface area contributed by atoms with E-state index >= 15 is 0 Å². The number of piperazine rings is 1. The predicted octanol–water partition coefficient (Wildman–Crippen LogP) is -0.573. The van der Waals surface area contributed by atoms with E-state index in [2.05, 4.69) is 6.07 Å². The lowest BCUT2D eigenvalue weighted by Gasteiger charge is -2.31. The first-order valence-corrected chi connectivity index (χ1v) is 9.92. The van der Waals surface area contributed by atoms with Crippen molar-refractivity contribution in [1.29, 1.82) is 0 Å². The van der Waals surface area contributed by atoms with Gasteiger partial charge in [-0.3, -0.25) is 0 Å². The van der Waals surface area contributed by atoms with Crippen molar-refractivity contribution >= 4 is 0 Å². The summed E-state index contributed by atoms with van der Waals surface area (Å²) in [5.74, 6) is 2.58. The van der Waals surface area contributed by atoms with Gasteiger partial charge in [-0.1, -0.05) is 18.2 Å². The van der Waals surface area contributed by atoms with Gasteiger partial charge in [0.1, 0.15) is 69.2 Å². The van der Waals surface area contributed by atoms with Crippen LogP contribution in [0.2, 0.25) is 0 Å². The van der Waals surface area contributed by atoms with E-state index in [1.54, 1.807) is 14.2 Å². The molecule has 0 saturated carbocycles. The highest BCUT2D eigenvalue weighted by molar-refractivity contribution is 5.39. The van der Waals surface area contributed by atoms with E-state index in [-0.39, 0.29) is 0 Å². The van der Waals surface area contributed by atoms with E-state index in [1.807, 2.05) is 42.5 Å². The molecule has 6 heteroatoms. The molecule has 152 valence electrons. The number of ether oxygens (including phenoxy) is 3. The fourth-order valence-corrected chi connectivity index (χ4v) is 3.73. The molecule has 1 aliphatic rings. The molecule has 1 saturated heterocycles. The first-order valence-electron chi connectivity index (χ1n) is 9.92. The van der Waals surface area contributed by atoms with Crippen LogP contribution in [-0.4, -0.2) is 64.8 Å². The SMILES string of the molecule is COc1ccc(OC)c(C[NH+]2CC[NH+](C[C@@H](O)COc3ccccc3)CC2)c1. The molecule has 1 heterocycles. The lowest BCUT2D eigenvalue weighted by atomic mass is 10.1. The summed E-state index contributed by atoms with van der Waals surface area (Å²) < 4.78 is 16.5. The Morgan fingerprint density at radius 3 is 2.29 bits per heavy atom. The van der Waals surface area contributed by atoms with Crippen molar-refractivity contribution in [2.24, 2.45) is 0 Å². The van der Waals surface area contributed by atoms with E-state index in [9.17, 15) is 5.11 Å². The smallest absolute Gasteiger partial charge is 0.137 e. The van der Waals surface area contributed by atoms with Crippen molar-refractivity contribution in [2.75, 3.05) is 53.6 Å². The van der Waals surface area contributed by atoms with Crippen molar-refractivity contribution in [3.05, 3.63) is 54.1 Å². The third-order valence-electron chi connectivity index (χ3n) is 5.30. The van der Waals surface area contributed by atoms with Crippen molar-refractivity contribution in [3.63, 3.8) is 0 Å². The van der Waals surface area contributed by atoms with Gasteiger partial charge in [-0.05, 0) is 30.3 Å². The third-order valence-corrected chi connectivity index (χ3v) is 5.30. The van der Waals surface area contributed by atoms with Crippen molar-refractivity contribution in [2.45, 2.75) is 12.6 Å². The number of hydrogen-bond donors (Lipinski definition) is 3. The number of hydrogen-bond acceptors (Lipinski definition) is 4. The van der Waals surface area contributed by atoms with Crippen LogP contribution >= 0.6 is 0 Å². The Morgan fingerprint density at radius 1 is 0.893 bits per heavy atom. The maximum atomic E-state index is 10.3. The third kappa shape index (κ3) is 5.86. The Kier molecular flexibility index (Phi) is 7.54. The van der Waals surface area contributed by atoms with Crippen LogP contribution < -0.4 is 24.0 Å². The number of rotatable bonds is 9. The van der Waals surface area contributed by atoms with E-state index in [0.717, 1.165) is 56.5 Å². The van der Waals surface area contributed by atoms with Crippen molar-refractivity contribution in [3.8, 4) is 17.2 Å². The molecular formula is C22H32N2O4+2. The molecule has 0 aromatic heterocycles. The van der Waals surface area contributed by atoms with Gasteiger partial charge in [-0.2, -0.15) is 0 Å². The van der Waals surface area contributed by atoms with Gasteiger partial charge >= 0.3 is 0 Å². The van der Waals surface area contributed by atoms with Gasteiger partial charge in [-0.25, -0.2) is 0 Å². The maximum absolute atomic E-state index is 10.3. The minimum atomic E-state index is -0.449. The molecule has 3 rings (SSSR count). The average molecular weight is 389 g/mol. The minimum absolute atomic E-state index is 0.338. The maximum Gasteiger partial charge on any atom is 0.137 e. The van der Waals surface area contributed by atoms with Gasteiger partial charge in [0.05, 0.1) is 19.8 Å². The molecular weight excluding hydrogens is 356 g/mol. The lowest BCUT2D eigenvalue weighted by Crippen LogP contribution is -3.28. The highest BCUT2D eigenvalue weighted by atomic mass is 16.5. The number of methoxy groups -OCH3 is 2. The zero-order valence-electron chi connectivity index (χ0n) is 16.8. The molecule has 1 aliphatic heterocycles. The van der Waals surface area contributed by atoms with Crippen molar-refractivity contribution in [1.82, 2.24) is 0 Å². The van der Waals surface area contributed by atoms with Gasteiger partial charge in [0.25, 0.3) is 0 Å². The molecule has 0 spiro atoms. The summed E-state index contributed by atoms with van der Waals surface area (Å²) in [6.45, 7) is 6.22. The van der Waals surface area contributed by atoms with Gasteiger partial charge in [0.15, 0.2) is 0 Å². The second kappa shape index (κ2) is 10.3. The van der Waals surface area contributed by atoms with Crippen LogP contribution in [0.5, 0.6) is 17.2 Å². The lowest BCUT2D eigenvalue weighted by molar-refractivity contribution is -1.02. The molecule has 0 aliphatic carbocycles. The summed E-state index contributed by atoms with van der Waals surface area (Å²) in [6.07, 6.45) is -0.449. The van der Waals surface area contributed by atoms with Crippen LogP contribution in [0, 0.1) is 0 Å². The molecule has 2 aromatic rings. The van der Waals surface area contributed by atoms with E-state index in [4.69, 9.17) is 14.2 Å². The fraction of sp³-hybridized carbons (Fsp3) is 0.455. The topological polar surface area (TPSA) is 56.8 Å². The summed E-state index contributed by atoms with van der Waals surface area (Å²) in [5, 5.41) is 10.3. The first-order chi connectivity index (χ1) is 13.7. The van der Waals surface area contributed by atoms with Crippen LogP contribution in [0.1, 0.15) is 5.56 Å². The zero-order chi connectivity index (χ0) is 19.8. The average Bonchev–Trinajstić information content (AvgIpc) is 2.74. The van der Waals surface area contributed by atoms with Gasteiger partial charge in [0.2, 0.25) is 0 Å². The largest absolute Gasteiger partial charge is 0.497 e. The van der Waals surface area contributed by atoms with Gasteiger partial charge < -0.3 is 29.1 Å². The molecule has 0 radical (unpaired) electrons. The summed E-state index contributed by atoms with van der Waals surface area (Å²) >= 11 is 0. The molecule has 0 bridgehead atoms.